The van der Waals surface area contributed by atoms with Crippen LogP contribution >= 0.6 is 39.1 Å². The van der Waals surface area contributed by atoms with Gasteiger partial charge in [0.05, 0.1) is 21.3 Å². The van der Waals surface area contributed by atoms with Gasteiger partial charge in [-0.3, -0.25) is 9.69 Å². The van der Waals surface area contributed by atoms with Gasteiger partial charge in [0.25, 0.3) is 0 Å². The molecule has 0 saturated carbocycles. The Labute approximate surface area is 168 Å². The fourth-order valence-corrected chi connectivity index (χ4v) is 4.08. The van der Waals surface area contributed by atoms with Crippen LogP contribution in [0.1, 0.15) is 17.9 Å². The molecular formula is C19H12BrCl2NO3. The van der Waals surface area contributed by atoms with Gasteiger partial charge in [0.2, 0.25) is 5.91 Å². The number of hydrogen-bond donors (Lipinski definition) is 0. The topological polar surface area (TPSA) is 46.6 Å². The number of cyclic esters (lactones) is 1. The average molecular weight is 453 g/mol. The summed E-state index contributed by atoms with van der Waals surface area (Å²) in [7, 11) is 0. The van der Waals surface area contributed by atoms with Gasteiger partial charge >= 0.3 is 5.97 Å². The van der Waals surface area contributed by atoms with E-state index in [-0.39, 0.29) is 18.9 Å². The van der Waals surface area contributed by atoms with Crippen molar-refractivity contribution in [3.8, 4) is 0 Å². The van der Waals surface area contributed by atoms with Crippen molar-refractivity contribution < 1.29 is 14.3 Å². The molecule has 7 heteroatoms. The first-order chi connectivity index (χ1) is 12.5. The van der Waals surface area contributed by atoms with Crippen molar-refractivity contribution in [1.29, 1.82) is 0 Å². The first-order valence-corrected chi connectivity index (χ1v) is 9.44. The zero-order valence-electron chi connectivity index (χ0n) is 13.3. The molecule has 1 unspecified atom stereocenters. The molecule has 26 heavy (non-hydrogen) atoms. The molecule has 0 spiro atoms. The van der Waals surface area contributed by atoms with E-state index in [0.29, 0.717) is 27.0 Å². The van der Waals surface area contributed by atoms with Gasteiger partial charge in [-0.25, -0.2) is 4.79 Å². The number of nitrogens with zero attached hydrogens (tertiary/aromatic N) is 1. The lowest BCUT2D eigenvalue weighted by Gasteiger charge is -2.32. The highest BCUT2D eigenvalue weighted by Gasteiger charge is 2.43. The lowest BCUT2D eigenvalue weighted by atomic mass is 9.84. The van der Waals surface area contributed by atoms with Gasteiger partial charge in [-0.1, -0.05) is 51.3 Å². The summed E-state index contributed by atoms with van der Waals surface area (Å²) >= 11 is 15.5. The molecule has 4 rings (SSSR count). The molecular weight excluding hydrogens is 441 g/mol. The molecule has 0 bridgehead atoms. The number of carbonyl (C=O) groups excluding carboxylic acids is 2. The Hall–Kier alpha value is -1.82. The molecule has 0 N–H and O–H groups in total. The maximum atomic E-state index is 12.9. The molecule has 0 aliphatic carbocycles. The lowest BCUT2D eigenvalue weighted by Crippen LogP contribution is -2.37. The molecule has 1 amide bonds. The smallest absolute Gasteiger partial charge is 0.336 e. The normalized spacial score (nSPS) is 19.7. The number of benzene rings is 2. The molecule has 0 fully saturated rings. The number of amides is 1. The highest BCUT2D eigenvalue weighted by molar-refractivity contribution is 9.10. The summed E-state index contributed by atoms with van der Waals surface area (Å²) in [6, 6.07) is 12.5. The summed E-state index contributed by atoms with van der Waals surface area (Å²) < 4.78 is 6.11. The van der Waals surface area contributed by atoms with Crippen molar-refractivity contribution in [1.82, 2.24) is 0 Å². The fourth-order valence-electron chi connectivity index (χ4n) is 3.38. The van der Waals surface area contributed by atoms with Crippen LogP contribution in [0.15, 0.2) is 58.2 Å². The summed E-state index contributed by atoms with van der Waals surface area (Å²) in [5, 5.41) is 0.816. The van der Waals surface area contributed by atoms with E-state index in [1.807, 2.05) is 24.3 Å². The van der Waals surface area contributed by atoms with Gasteiger partial charge < -0.3 is 4.74 Å². The Morgan fingerprint density at radius 2 is 1.88 bits per heavy atom. The van der Waals surface area contributed by atoms with Gasteiger partial charge in [-0.2, -0.15) is 0 Å². The third-order valence-corrected chi connectivity index (χ3v) is 5.76. The van der Waals surface area contributed by atoms with E-state index in [9.17, 15) is 9.59 Å². The Kier molecular flexibility index (Phi) is 4.55. The van der Waals surface area contributed by atoms with E-state index in [1.54, 1.807) is 23.1 Å². The maximum Gasteiger partial charge on any atom is 0.336 e. The predicted molar refractivity (Wildman–Crippen MR) is 103 cm³/mol. The molecule has 2 aliphatic rings. The number of ether oxygens (including phenoxy) is 1. The third-order valence-electron chi connectivity index (χ3n) is 4.53. The van der Waals surface area contributed by atoms with E-state index in [2.05, 4.69) is 15.9 Å². The second-order valence-electron chi connectivity index (χ2n) is 6.08. The fraction of sp³-hybridized carbons (Fsp3) is 0.158. The number of halogens is 3. The summed E-state index contributed by atoms with van der Waals surface area (Å²) in [4.78, 5) is 26.9. The standard InChI is InChI=1S/C19H12BrCl2NO3/c20-11-2-1-3-12(7-11)23-16-9-26-19(25)18(16)13(8-17(23)24)10-4-5-14(21)15(22)6-10/h1-7,13H,8-9H2. The second kappa shape index (κ2) is 6.72. The van der Waals surface area contributed by atoms with E-state index in [4.69, 9.17) is 27.9 Å². The van der Waals surface area contributed by atoms with Crippen LogP contribution in [-0.4, -0.2) is 18.5 Å². The van der Waals surface area contributed by atoms with Gasteiger partial charge in [-0.05, 0) is 35.9 Å². The highest BCUT2D eigenvalue weighted by atomic mass is 79.9. The van der Waals surface area contributed by atoms with Crippen molar-refractivity contribution in [2.45, 2.75) is 12.3 Å². The summed E-state index contributed by atoms with van der Waals surface area (Å²) in [5.41, 5.74) is 2.55. The lowest BCUT2D eigenvalue weighted by molar-refractivity contribution is -0.136. The van der Waals surface area contributed by atoms with Gasteiger partial charge in [0, 0.05) is 22.5 Å². The monoisotopic (exact) mass is 451 g/mol. The number of carbonyl (C=O) groups is 2. The molecule has 2 aliphatic heterocycles. The second-order valence-corrected chi connectivity index (χ2v) is 7.81. The van der Waals surface area contributed by atoms with Gasteiger partial charge in [0.1, 0.15) is 6.61 Å². The minimum absolute atomic E-state index is 0.0737. The van der Waals surface area contributed by atoms with Crippen LogP contribution in [-0.2, 0) is 14.3 Å². The van der Waals surface area contributed by atoms with Crippen LogP contribution in [0.4, 0.5) is 5.69 Å². The number of rotatable bonds is 2. The van der Waals surface area contributed by atoms with Gasteiger partial charge in [-0.15, -0.1) is 0 Å². The van der Waals surface area contributed by atoms with Crippen LogP contribution in [0.2, 0.25) is 10.0 Å². The van der Waals surface area contributed by atoms with Crippen LogP contribution in [0.25, 0.3) is 0 Å². The molecule has 132 valence electrons. The van der Waals surface area contributed by atoms with Crippen molar-refractivity contribution in [3.63, 3.8) is 0 Å². The first-order valence-electron chi connectivity index (χ1n) is 7.89. The Morgan fingerprint density at radius 1 is 1.08 bits per heavy atom. The van der Waals surface area contributed by atoms with Crippen LogP contribution in [0.3, 0.4) is 0 Å². The van der Waals surface area contributed by atoms with Crippen LogP contribution < -0.4 is 4.90 Å². The van der Waals surface area contributed by atoms with E-state index < -0.39 is 11.9 Å². The molecule has 0 saturated heterocycles. The molecule has 2 aromatic rings. The van der Waals surface area contributed by atoms with E-state index in [1.165, 1.54) is 0 Å². The number of hydrogen-bond acceptors (Lipinski definition) is 3. The minimum Gasteiger partial charge on any atom is -0.456 e. The number of anilines is 1. The Morgan fingerprint density at radius 3 is 2.62 bits per heavy atom. The van der Waals surface area contributed by atoms with Crippen molar-refractivity contribution in [3.05, 3.63) is 73.8 Å². The summed E-state index contributed by atoms with van der Waals surface area (Å²) in [5.74, 6) is -0.898. The van der Waals surface area contributed by atoms with E-state index in [0.717, 1.165) is 10.0 Å². The third kappa shape index (κ3) is 2.94. The predicted octanol–water partition coefficient (Wildman–Crippen LogP) is 5.09. The average Bonchev–Trinajstić information content (AvgIpc) is 2.98. The molecule has 4 nitrogen and oxygen atoms in total. The molecule has 2 heterocycles. The molecule has 0 radical (unpaired) electrons. The van der Waals surface area contributed by atoms with E-state index >= 15 is 0 Å². The summed E-state index contributed by atoms with van der Waals surface area (Å²) in [6.45, 7) is 0.0737. The SMILES string of the molecule is O=C1OCC2=C1C(c1ccc(Cl)c(Cl)c1)CC(=O)N2c1cccc(Br)c1. The minimum atomic E-state index is -0.399. The maximum absolute atomic E-state index is 12.9. The molecule has 0 aromatic heterocycles. The highest BCUT2D eigenvalue weighted by Crippen LogP contribution is 2.43. The van der Waals surface area contributed by atoms with Gasteiger partial charge in [0.15, 0.2) is 0 Å². The number of esters is 1. The first kappa shape index (κ1) is 17.6. The quantitative estimate of drug-likeness (QED) is 0.596. The zero-order valence-corrected chi connectivity index (χ0v) is 16.4. The molecule has 1 atom stereocenters. The molecule has 2 aromatic carbocycles. The largest absolute Gasteiger partial charge is 0.456 e. The van der Waals surface area contributed by atoms with Crippen LogP contribution in [0, 0.1) is 0 Å². The Bertz CT molecular complexity index is 973. The van der Waals surface area contributed by atoms with Crippen molar-refractivity contribution >= 4 is 56.7 Å². The van der Waals surface area contributed by atoms with Crippen LogP contribution in [0.5, 0.6) is 0 Å². The Balaban J connectivity index is 1.84. The zero-order chi connectivity index (χ0) is 18.4. The van der Waals surface area contributed by atoms with Crippen molar-refractivity contribution in [2.24, 2.45) is 0 Å². The summed E-state index contributed by atoms with van der Waals surface area (Å²) in [6.07, 6.45) is 0.151. The van der Waals surface area contributed by atoms with Crippen molar-refractivity contribution in [2.75, 3.05) is 11.5 Å².